The van der Waals surface area contributed by atoms with E-state index < -0.39 is 23.5 Å². The molecule has 8 nitrogen and oxygen atoms in total. The van der Waals surface area contributed by atoms with Crippen LogP contribution in [0.5, 0.6) is 0 Å². The molecule has 5 rings (SSSR count). The summed E-state index contributed by atoms with van der Waals surface area (Å²) in [7, 11) is 0. The van der Waals surface area contributed by atoms with E-state index in [0.29, 0.717) is 22.8 Å². The number of halogens is 3. The van der Waals surface area contributed by atoms with Crippen molar-refractivity contribution < 1.29 is 19.1 Å². The minimum Gasteiger partial charge on any atom is -0.350 e. The van der Waals surface area contributed by atoms with Crippen LogP contribution in [0.3, 0.4) is 0 Å². The highest BCUT2D eigenvalue weighted by Gasteiger charge is 2.63. The second-order valence-electron chi connectivity index (χ2n) is 9.62. The lowest BCUT2D eigenvalue weighted by atomic mass is 9.84. The number of hydrogen-bond donors (Lipinski definition) is 1. The number of benzene rings is 2. The summed E-state index contributed by atoms with van der Waals surface area (Å²) in [6, 6.07) is 9.60. The van der Waals surface area contributed by atoms with Crippen molar-refractivity contribution in [2.75, 3.05) is 16.5 Å². The molecular weight excluding hydrogens is 563 g/mol. The lowest BCUT2D eigenvalue weighted by molar-refractivity contribution is -0.120. The van der Waals surface area contributed by atoms with Crippen molar-refractivity contribution in [3.05, 3.63) is 80.8 Å². The van der Waals surface area contributed by atoms with Gasteiger partial charge in [0.2, 0.25) is 0 Å². The van der Waals surface area contributed by atoms with Crippen molar-refractivity contribution in [1.82, 2.24) is 5.32 Å². The van der Waals surface area contributed by atoms with Gasteiger partial charge in [0.1, 0.15) is 17.1 Å². The number of hydrogen-bond acceptors (Lipinski definition) is 5. The Bertz CT molecular complexity index is 1460. The summed E-state index contributed by atoms with van der Waals surface area (Å²) < 4.78 is 5.94. The molecule has 2 heterocycles. The first-order valence-electron chi connectivity index (χ1n) is 12.4. The highest BCUT2D eigenvalue weighted by atomic mass is 35.5. The van der Waals surface area contributed by atoms with Crippen LogP contribution in [0, 0.1) is 5.92 Å². The molecule has 1 N–H and O–H groups in total. The van der Waals surface area contributed by atoms with Gasteiger partial charge in [-0.25, -0.2) is 0 Å². The number of rotatable bonds is 5. The van der Waals surface area contributed by atoms with Crippen molar-refractivity contribution in [2.45, 2.75) is 38.9 Å². The Morgan fingerprint density at radius 1 is 1.21 bits per heavy atom. The molecule has 2 aromatic rings. The first-order chi connectivity index (χ1) is 18.5. The minimum absolute atomic E-state index is 0.0689. The number of carbonyl (C=O) groups excluding carboxylic acids is 3. The third-order valence-corrected chi connectivity index (χ3v) is 7.75. The average Bonchev–Trinajstić information content (AvgIpc) is 3.51. The van der Waals surface area contributed by atoms with E-state index in [1.807, 2.05) is 32.9 Å². The number of nitrogens with zero attached hydrogens (tertiary/aromatic N) is 3. The molecule has 2 aromatic carbocycles. The van der Waals surface area contributed by atoms with Gasteiger partial charge in [0.25, 0.3) is 17.7 Å². The summed E-state index contributed by atoms with van der Waals surface area (Å²) in [6.45, 7) is 6.31. The van der Waals surface area contributed by atoms with Crippen molar-refractivity contribution >= 4 is 69.7 Å². The van der Waals surface area contributed by atoms with Gasteiger partial charge in [-0.1, -0.05) is 65.5 Å². The summed E-state index contributed by atoms with van der Waals surface area (Å²) in [5.74, 6) is -0.861. The Kier molecular flexibility index (Phi) is 7.33. The van der Waals surface area contributed by atoms with Crippen molar-refractivity contribution in [3.63, 3.8) is 0 Å². The zero-order valence-electron chi connectivity index (χ0n) is 21.4. The SMILES string of the molecule is CCN(C(=O)C1OC12C=CC(C)=CC2C)c1cccc(C(=O)NC2=NN(c3c(Cl)cc(Cl)cc3Cl)C(=O)C2)c1. The van der Waals surface area contributed by atoms with E-state index in [4.69, 9.17) is 39.5 Å². The van der Waals surface area contributed by atoms with Crippen molar-refractivity contribution in [2.24, 2.45) is 11.0 Å². The lowest BCUT2D eigenvalue weighted by Crippen LogP contribution is -2.39. The monoisotopic (exact) mass is 586 g/mol. The molecule has 3 aliphatic rings. The number of anilines is 2. The number of nitrogens with one attached hydrogen (secondary N) is 1. The van der Waals surface area contributed by atoms with Crippen LogP contribution in [0.15, 0.2) is 65.3 Å². The summed E-state index contributed by atoms with van der Waals surface area (Å²) in [6.07, 6.45) is 5.29. The standard InChI is InChI=1S/C28H25Cl3N4O4/c1-4-34(27(38)25-28(39-25)9-8-15(2)10-16(28)3)19-7-5-6-17(11-19)26(37)32-22-14-23(36)35(33-22)24-20(30)12-18(29)13-21(24)31/h5-13,16,25H,4,14H2,1-3H3,(H,32,33,37). The molecule has 0 radical (unpaired) electrons. The second kappa shape index (κ2) is 10.4. The van der Waals surface area contributed by atoms with E-state index in [-0.39, 0.29) is 39.8 Å². The zero-order valence-corrected chi connectivity index (χ0v) is 23.6. The molecule has 0 aromatic heterocycles. The number of carbonyl (C=O) groups is 3. The van der Waals surface area contributed by atoms with Gasteiger partial charge in [0.05, 0.1) is 16.5 Å². The fourth-order valence-corrected chi connectivity index (χ4v) is 5.89. The first kappa shape index (κ1) is 27.4. The molecule has 1 saturated heterocycles. The van der Waals surface area contributed by atoms with Crippen LogP contribution in [0.25, 0.3) is 0 Å². The summed E-state index contributed by atoms with van der Waals surface area (Å²) >= 11 is 18.4. The number of likely N-dealkylation sites (N-methyl/N-ethyl adjacent to an activating group) is 1. The Morgan fingerprint density at radius 3 is 2.59 bits per heavy atom. The fraction of sp³-hybridized carbons (Fsp3) is 0.286. The second-order valence-corrected chi connectivity index (χ2v) is 10.9. The Balaban J connectivity index is 1.31. The first-order valence-corrected chi connectivity index (χ1v) is 13.5. The molecule has 3 unspecified atom stereocenters. The number of amidine groups is 1. The molecule has 1 fully saturated rings. The Morgan fingerprint density at radius 2 is 1.92 bits per heavy atom. The number of allylic oxidation sites excluding steroid dienone is 2. The van der Waals surface area contributed by atoms with Gasteiger partial charge < -0.3 is 15.0 Å². The molecule has 2 aliphatic heterocycles. The summed E-state index contributed by atoms with van der Waals surface area (Å²) in [5.41, 5.74) is 1.55. The zero-order chi connectivity index (χ0) is 28.1. The molecule has 3 amide bonds. The largest absolute Gasteiger partial charge is 0.350 e. The van der Waals surface area contributed by atoms with Crippen molar-refractivity contribution in [1.29, 1.82) is 0 Å². The highest BCUT2D eigenvalue weighted by molar-refractivity contribution is 6.42. The van der Waals surface area contributed by atoms with Crippen LogP contribution < -0.4 is 15.2 Å². The molecule has 0 bridgehead atoms. The maximum Gasteiger partial charge on any atom is 0.259 e. The smallest absolute Gasteiger partial charge is 0.259 e. The van der Waals surface area contributed by atoms with Gasteiger partial charge in [-0.3, -0.25) is 14.4 Å². The van der Waals surface area contributed by atoms with Crippen LogP contribution in [0.1, 0.15) is 37.6 Å². The third kappa shape index (κ3) is 5.10. The Hall–Kier alpha value is -3.17. The van der Waals surface area contributed by atoms with Gasteiger partial charge >= 0.3 is 0 Å². The fourth-order valence-electron chi connectivity index (χ4n) is 4.92. The highest BCUT2D eigenvalue weighted by Crippen LogP contribution is 2.48. The van der Waals surface area contributed by atoms with Gasteiger partial charge in [0.15, 0.2) is 6.10 Å². The van der Waals surface area contributed by atoms with Gasteiger partial charge in [-0.2, -0.15) is 10.1 Å². The van der Waals surface area contributed by atoms with Crippen LogP contribution in [-0.4, -0.2) is 41.8 Å². The van der Waals surface area contributed by atoms with Gasteiger partial charge in [-0.15, -0.1) is 0 Å². The quantitative estimate of drug-likeness (QED) is 0.450. The molecule has 202 valence electrons. The maximum absolute atomic E-state index is 13.4. The van der Waals surface area contributed by atoms with E-state index in [2.05, 4.69) is 16.5 Å². The predicted molar refractivity (Wildman–Crippen MR) is 153 cm³/mol. The molecule has 3 atom stereocenters. The van der Waals surface area contributed by atoms with Crippen molar-refractivity contribution in [3.8, 4) is 0 Å². The van der Waals surface area contributed by atoms with Gasteiger partial charge in [-0.05, 0) is 50.3 Å². The molecule has 11 heteroatoms. The predicted octanol–water partition coefficient (Wildman–Crippen LogP) is 5.77. The average molecular weight is 588 g/mol. The molecule has 39 heavy (non-hydrogen) atoms. The van der Waals surface area contributed by atoms with Crippen LogP contribution >= 0.6 is 34.8 Å². The normalized spacial score (nSPS) is 23.5. The van der Waals surface area contributed by atoms with E-state index in [1.165, 1.54) is 12.1 Å². The minimum atomic E-state index is -0.631. The number of ether oxygens (including phenoxy) is 1. The molecular formula is C28H25Cl3N4O4. The van der Waals surface area contributed by atoms with Gasteiger partial charge in [0, 0.05) is 28.7 Å². The van der Waals surface area contributed by atoms with E-state index >= 15 is 0 Å². The van der Waals surface area contributed by atoms with E-state index in [0.717, 1.165) is 10.6 Å². The van der Waals surface area contributed by atoms with E-state index in [9.17, 15) is 14.4 Å². The molecule has 0 saturated carbocycles. The summed E-state index contributed by atoms with van der Waals surface area (Å²) in [5, 5.41) is 8.56. The van der Waals surface area contributed by atoms with Crippen LogP contribution in [0.4, 0.5) is 11.4 Å². The lowest BCUT2D eigenvalue weighted by Gasteiger charge is -2.23. The van der Waals surface area contributed by atoms with E-state index in [1.54, 1.807) is 29.2 Å². The maximum atomic E-state index is 13.4. The number of hydrazone groups is 1. The Labute approximate surface area is 240 Å². The van der Waals surface area contributed by atoms with Crippen LogP contribution in [0.2, 0.25) is 15.1 Å². The number of epoxide rings is 1. The van der Waals surface area contributed by atoms with Crippen LogP contribution in [-0.2, 0) is 14.3 Å². The third-order valence-electron chi connectivity index (χ3n) is 6.96. The molecule has 1 aliphatic carbocycles. The number of amides is 3. The summed E-state index contributed by atoms with van der Waals surface area (Å²) in [4.78, 5) is 40.8. The molecule has 1 spiro atoms. The topological polar surface area (TPSA) is 94.6 Å².